The summed E-state index contributed by atoms with van der Waals surface area (Å²) in [6.07, 6.45) is 1.49. The second-order valence-electron chi connectivity index (χ2n) is 3.50. The molecule has 0 radical (unpaired) electrons. The van der Waals surface area contributed by atoms with E-state index in [4.69, 9.17) is 4.52 Å². The average Bonchev–Trinajstić information content (AvgIpc) is 2.48. The molecule has 2 aromatic heterocycles. The minimum absolute atomic E-state index is 0.0914. The first kappa shape index (κ1) is 8.93. The highest BCUT2D eigenvalue weighted by Crippen LogP contribution is 2.11. The number of hydrogen-bond acceptors (Lipinski definition) is 4. The molecule has 0 saturated heterocycles. The third-order valence-corrected chi connectivity index (χ3v) is 2.15. The van der Waals surface area contributed by atoms with Gasteiger partial charge in [0, 0.05) is 6.04 Å². The zero-order valence-electron chi connectivity index (χ0n) is 8.31. The van der Waals surface area contributed by atoms with Crippen LogP contribution in [-0.4, -0.2) is 14.7 Å². The van der Waals surface area contributed by atoms with Gasteiger partial charge in [0.1, 0.15) is 11.7 Å². The van der Waals surface area contributed by atoms with Crippen molar-refractivity contribution in [3.63, 3.8) is 0 Å². The Morgan fingerprint density at radius 1 is 1.50 bits per heavy atom. The van der Waals surface area contributed by atoms with Crippen LogP contribution < -0.4 is 5.56 Å². The SMILES string of the molecule is Cc1noc2ncn(C(C)C)c(=O)c12. The molecule has 2 heterocycles. The Balaban J connectivity index is 2.86. The molecule has 14 heavy (non-hydrogen) atoms. The van der Waals surface area contributed by atoms with E-state index in [-0.39, 0.29) is 11.6 Å². The molecule has 0 spiro atoms. The van der Waals surface area contributed by atoms with Crippen LogP contribution in [-0.2, 0) is 0 Å². The normalized spacial score (nSPS) is 11.4. The van der Waals surface area contributed by atoms with E-state index in [9.17, 15) is 4.79 Å². The molecule has 5 heteroatoms. The summed E-state index contributed by atoms with van der Waals surface area (Å²) >= 11 is 0. The predicted octanol–water partition coefficient (Wildman–Crippen LogP) is 1.27. The summed E-state index contributed by atoms with van der Waals surface area (Å²) in [7, 11) is 0. The van der Waals surface area contributed by atoms with Crippen molar-refractivity contribution < 1.29 is 4.52 Å². The molecule has 2 aromatic rings. The van der Waals surface area contributed by atoms with Crippen molar-refractivity contribution in [3.8, 4) is 0 Å². The molecular weight excluding hydrogens is 182 g/mol. The minimum atomic E-state index is -0.0937. The van der Waals surface area contributed by atoms with Crippen LogP contribution in [0.15, 0.2) is 15.6 Å². The van der Waals surface area contributed by atoms with E-state index in [0.717, 1.165) is 0 Å². The molecule has 0 aromatic carbocycles. The first-order chi connectivity index (χ1) is 6.61. The average molecular weight is 193 g/mol. The molecule has 0 aliphatic heterocycles. The standard InChI is InChI=1S/C9H11N3O2/c1-5(2)12-4-10-8-7(9(12)13)6(3)11-14-8/h4-5H,1-3H3. The van der Waals surface area contributed by atoms with Gasteiger partial charge < -0.3 is 4.52 Å². The van der Waals surface area contributed by atoms with Crippen LogP contribution in [0.1, 0.15) is 25.6 Å². The smallest absolute Gasteiger partial charge is 0.266 e. The molecule has 0 aliphatic carbocycles. The lowest BCUT2D eigenvalue weighted by molar-refractivity contribution is 0.441. The minimum Gasteiger partial charge on any atom is -0.335 e. The van der Waals surface area contributed by atoms with Gasteiger partial charge in [-0.3, -0.25) is 9.36 Å². The van der Waals surface area contributed by atoms with Crippen LogP contribution >= 0.6 is 0 Å². The molecule has 0 amide bonds. The predicted molar refractivity (Wildman–Crippen MR) is 51.2 cm³/mol. The molecule has 0 bridgehead atoms. The highest BCUT2D eigenvalue weighted by molar-refractivity contribution is 5.73. The van der Waals surface area contributed by atoms with Gasteiger partial charge in [0.05, 0.1) is 5.69 Å². The van der Waals surface area contributed by atoms with E-state index in [1.807, 2.05) is 13.8 Å². The van der Waals surface area contributed by atoms with Crippen LogP contribution in [0.2, 0.25) is 0 Å². The molecule has 0 N–H and O–H groups in total. The summed E-state index contributed by atoms with van der Waals surface area (Å²) in [5.74, 6) is 0. The highest BCUT2D eigenvalue weighted by atomic mass is 16.5. The molecule has 2 rings (SSSR count). The Morgan fingerprint density at radius 3 is 2.86 bits per heavy atom. The second kappa shape index (κ2) is 2.94. The monoisotopic (exact) mass is 193 g/mol. The maximum absolute atomic E-state index is 11.9. The first-order valence-electron chi connectivity index (χ1n) is 4.44. The van der Waals surface area contributed by atoms with Gasteiger partial charge in [-0.05, 0) is 20.8 Å². The Hall–Kier alpha value is -1.65. The van der Waals surface area contributed by atoms with Crippen LogP contribution in [0.25, 0.3) is 11.1 Å². The lowest BCUT2D eigenvalue weighted by atomic mass is 10.3. The zero-order chi connectivity index (χ0) is 10.3. The van der Waals surface area contributed by atoms with Gasteiger partial charge in [0.2, 0.25) is 0 Å². The van der Waals surface area contributed by atoms with E-state index >= 15 is 0 Å². The van der Waals surface area contributed by atoms with E-state index in [0.29, 0.717) is 16.8 Å². The van der Waals surface area contributed by atoms with Crippen LogP contribution in [0, 0.1) is 6.92 Å². The first-order valence-corrected chi connectivity index (χ1v) is 4.44. The number of hydrogen-bond donors (Lipinski definition) is 0. The molecular formula is C9H11N3O2. The van der Waals surface area contributed by atoms with Crippen LogP contribution in [0.5, 0.6) is 0 Å². The lowest BCUT2D eigenvalue weighted by Gasteiger charge is -2.07. The van der Waals surface area contributed by atoms with Crippen molar-refractivity contribution >= 4 is 11.1 Å². The fraction of sp³-hybridized carbons (Fsp3) is 0.444. The van der Waals surface area contributed by atoms with Gasteiger partial charge in [-0.1, -0.05) is 5.16 Å². The van der Waals surface area contributed by atoms with Crippen molar-refractivity contribution in [1.82, 2.24) is 14.7 Å². The molecule has 5 nitrogen and oxygen atoms in total. The van der Waals surface area contributed by atoms with E-state index < -0.39 is 0 Å². The highest BCUT2D eigenvalue weighted by Gasteiger charge is 2.12. The van der Waals surface area contributed by atoms with Gasteiger partial charge in [-0.15, -0.1) is 0 Å². The van der Waals surface area contributed by atoms with Crippen molar-refractivity contribution in [1.29, 1.82) is 0 Å². The molecule has 0 saturated carbocycles. The third-order valence-electron chi connectivity index (χ3n) is 2.15. The largest absolute Gasteiger partial charge is 0.335 e. The number of nitrogens with zero attached hydrogens (tertiary/aromatic N) is 3. The fourth-order valence-electron chi connectivity index (χ4n) is 1.36. The van der Waals surface area contributed by atoms with E-state index in [1.54, 1.807) is 11.5 Å². The topological polar surface area (TPSA) is 60.9 Å². The summed E-state index contributed by atoms with van der Waals surface area (Å²) in [4.78, 5) is 15.9. The summed E-state index contributed by atoms with van der Waals surface area (Å²) in [6.45, 7) is 5.59. The third kappa shape index (κ3) is 1.13. The van der Waals surface area contributed by atoms with E-state index in [2.05, 4.69) is 10.1 Å². The quantitative estimate of drug-likeness (QED) is 0.684. The number of aromatic nitrogens is 3. The maximum atomic E-state index is 11.9. The van der Waals surface area contributed by atoms with Crippen molar-refractivity contribution in [2.75, 3.05) is 0 Å². The van der Waals surface area contributed by atoms with Gasteiger partial charge >= 0.3 is 0 Å². The molecule has 0 unspecified atom stereocenters. The van der Waals surface area contributed by atoms with Gasteiger partial charge in [0.15, 0.2) is 0 Å². The van der Waals surface area contributed by atoms with Gasteiger partial charge in [0.25, 0.3) is 11.3 Å². The Morgan fingerprint density at radius 2 is 2.21 bits per heavy atom. The second-order valence-corrected chi connectivity index (χ2v) is 3.50. The molecule has 0 atom stereocenters. The van der Waals surface area contributed by atoms with Gasteiger partial charge in [-0.2, -0.15) is 0 Å². The summed E-state index contributed by atoms with van der Waals surface area (Å²) in [6, 6.07) is 0.0914. The van der Waals surface area contributed by atoms with Crippen molar-refractivity contribution in [3.05, 3.63) is 22.4 Å². The summed E-state index contributed by atoms with van der Waals surface area (Å²) < 4.78 is 6.45. The number of aryl methyl sites for hydroxylation is 1. The van der Waals surface area contributed by atoms with Crippen molar-refractivity contribution in [2.24, 2.45) is 0 Å². The Kier molecular flexibility index (Phi) is 1.87. The molecule has 74 valence electrons. The van der Waals surface area contributed by atoms with Gasteiger partial charge in [-0.25, -0.2) is 4.98 Å². The van der Waals surface area contributed by atoms with E-state index in [1.165, 1.54) is 6.33 Å². The van der Waals surface area contributed by atoms with Crippen LogP contribution in [0.4, 0.5) is 0 Å². The Bertz CT molecular complexity index is 524. The zero-order valence-corrected chi connectivity index (χ0v) is 8.31. The molecule has 0 aliphatic rings. The number of rotatable bonds is 1. The summed E-state index contributed by atoms with van der Waals surface area (Å²) in [5, 5.41) is 4.18. The summed E-state index contributed by atoms with van der Waals surface area (Å²) in [5.41, 5.74) is 0.806. The lowest BCUT2D eigenvalue weighted by Crippen LogP contribution is -2.22. The molecule has 0 fully saturated rings. The maximum Gasteiger partial charge on any atom is 0.266 e. The van der Waals surface area contributed by atoms with Crippen LogP contribution in [0.3, 0.4) is 0 Å². The fourth-order valence-corrected chi connectivity index (χ4v) is 1.36. The Labute approximate surface area is 80.3 Å². The number of fused-ring (bicyclic) bond motifs is 1. The van der Waals surface area contributed by atoms with Crippen molar-refractivity contribution in [2.45, 2.75) is 26.8 Å².